The minimum Gasteiger partial charge on any atom is -0.494 e. The summed E-state index contributed by atoms with van der Waals surface area (Å²) in [5.41, 5.74) is 2.38. The molecule has 1 aromatic heterocycles. The zero-order valence-corrected chi connectivity index (χ0v) is 16.4. The first kappa shape index (κ1) is 18.6. The molecular weight excluding hydrogens is 375 g/mol. The highest BCUT2D eigenvalue weighted by atomic mass is 32.1. The second kappa shape index (κ2) is 8.10. The van der Waals surface area contributed by atoms with Gasteiger partial charge in [0.25, 0.3) is 5.91 Å². The standard InChI is InChI=1S/C22H21FN2O2S/c1-2-27-18-11-7-15(8-12-18)20-4-3-13-25(20)22(26)19-14-28-21(24-19)16-5-9-17(23)10-6-16/h5-12,14,20H,2-4,13H2,1H3. The number of likely N-dealkylation sites (tertiary alicyclic amines) is 1. The molecule has 1 aliphatic heterocycles. The molecule has 0 aliphatic carbocycles. The summed E-state index contributed by atoms with van der Waals surface area (Å²) in [7, 11) is 0. The maximum Gasteiger partial charge on any atom is 0.273 e. The van der Waals surface area contributed by atoms with Gasteiger partial charge in [-0.05, 0) is 61.7 Å². The number of ether oxygens (including phenoxy) is 1. The number of thiazole rings is 1. The van der Waals surface area contributed by atoms with Crippen molar-refractivity contribution in [3.05, 3.63) is 71.0 Å². The number of hydrogen-bond donors (Lipinski definition) is 0. The molecule has 4 nitrogen and oxygen atoms in total. The van der Waals surface area contributed by atoms with Gasteiger partial charge >= 0.3 is 0 Å². The van der Waals surface area contributed by atoms with Crippen LogP contribution in [0.3, 0.4) is 0 Å². The molecule has 1 fully saturated rings. The summed E-state index contributed by atoms with van der Waals surface area (Å²) < 4.78 is 18.6. The molecule has 1 aliphatic rings. The Labute approximate surface area is 167 Å². The summed E-state index contributed by atoms with van der Waals surface area (Å²) in [5.74, 6) is 0.499. The maximum absolute atomic E-state index is 13.1. The summed E-state index contributed by atoms with van der Waals surface area (Å²) in [6.07, 6.45) is 1.91. The van der Waals surface area contributed by atoms with Crippen molar-refractivity contribution in [1.82, 2.24) is 9.88 Å². The molecule has 1 amide bonds. The molecule has 1 unspecified atom stereocenters. The van der Waals surface area contributed by atoms with Crippen LogP contribution in [-0.4, -0.2) is 28.9 Å². The van der Waals surface area contributed by atoms with E-state index >= 15 is 0 Å². The van der Waals surface area contributed by atoms with Crippen LogP contribution in [0.5, 0.6) is 5.75 Å². The van der Waals surface area contributed by atoms with Crippen molar-refractivity contribution >= 4 is 17.2 Å². The predicted molar refractivity (Wildman–Crippen MR) is 108 cm³/mol. The molecule has 6 heteroatoms. The van der Waals surface area contributed by atoms with Gasteiger partial charge in [-0.2, -0.15) is 0 Å². The monoisotopic (exact) mass is 396 g/mol. The molecule has 0 spiro atoms. The van der Waals surface area contributed by atoms with E-state index in [9.17, 15) is 9.18 Å². The molecule has 3 aromatic rings. The molecule has 0 N–H and O–H groups in total. The van der Waals surface area contributed by atoms with E-state index in [1.165, 1.54) is 23.5 Å². The molecule has 2 aromatic carbocycles. The smallest absolute Gasteiger partial charge is 0.273 e. The third-order valence-corrected chi connectivity index (χ3v) is 5.80. The number of nitrogens with zero attached hydrogens (tertiary/aromatic N) is 2. The Bertz CT molecular complexity index is 953. The molecule has 0 saturated carbocycles. The molecular formula is C22H21FN2O2S. The van der Waals surface area contributed by atoms with Gasteiger partial charge in [0.05, 0.1) is 12.6 Å². The van der Waals surface area contributed by atoms with Crippen LogP contribution in [-0.2, 0) is 0 Å². The lowest BCUT2D eigenvalue weighted by molar-refractivity contribution is 0.0730. The summed E-state index contributed by atoms with van der Waals surface area (Å²) in [4.78, 5) is 19.5. The molecule has 1 saturated heterocycles. The average Bonchev–Trinajstić information content (AvgIpc) is 3.39. The number of aromatic nitrogens is 1. The van der Waals surface area contributed by atoms with E-state index in [2.05, 4.69) is 4.98 Å². The number of carbonyl (C=O) groups excluding carboxylic acids is 1. The van der Waals surface area contributed by atoms with Crippen LogP contribution in [0.4, 0.5) is 4.39 Å². The SMILES string of the molecule is CCOc1ccc(C2CCCN2C(=O)c2csc(-c3ccc(F)cc3)n2)cc1. The number of amides is 1. The van der Waals surface area contributed by atoms with Gasteiger partial charge < -0.3 is 9.64 Å². The quantitative estimate of drug-likeness (QED) is 0.586. The lowest BCUT2D eigenvalue weighted by Gasteiger charge is -2.24. The van der Waals surface area contributed by atoms with Gasteiger partial charge in [0, 0.05) is 17.5 Å². The minimum atomic E-state index is -0.285. The van der Waals surface area contributed by atoms with Crippen LogP contribution in [0.1, 0.15) is 41.9 Å². The Balaban J connectivity index is 1.53. The largest absolute Gasteiger partial charge is 0.494 e. The number of rotatable bonds is 5. The lowest BCUT2D eigenvalue weighted by atomic mass is 10.0. The fourth-order valence-corrected chi connectivity index (χ4v) is 4.35. The average molecular weight is 396 g/mol. The highest BCUT2D eigenvalue weighted by Crippen LogP contribution is 2.34. The van der Waals surface area contributed by atoms with Crippen molar-refractivity contribution < 1.29 is 13.9 Å². The normalized spacial score (nSPS) is 16.4. The first-order chi connectivity index (χ1) is 13.7. The Hall–Kier alpha value is -2.73. The number of benzene rings is 2. The number of halogens is 1. The molecule has 144 valence electrons. The maximum atomic E-state index is 13.1. The van der Waals surface area contributed by atoms with Gasteiger partial charge in [0.1, 0.15) is 22.3 Å². The Morgan fingerprint density at radius 1 is 1.21 bits per heavy atom. The Kier molecular flexibility index (Phi) is 5.39. The number of carbonyl (C=O) groups is 1. The molecule has 0 bridgehead atoms. The van der Waals surface area contributed by atoms with Crippen molar-refractivity contribution in [3.63, 3.8) is 0 Å². The van der Waals surface area contributed by atoms with Crippen LogP contribution < -0.4 is 4.74 Å². The zero-order chi connectivity index (χ0) is 19.5. The van der Waals surface area contributed by atoms with Crippen molar-refractivity contribution in [3.8, 4) is 16.3 Å². The summed E-state index contributed by atoms with van der Waals surface area (Å²) in [6.45, 7) is 3.31. The third kappa shape index (κ3) is 3.78. The fourth-order valence-electron chi connectivity index (χ4n) is 3.55. The highest BCUT2D eigenvalue weighted by molar-refractivity contribution is 7.13. The van der Waals surface area contributed by atoms with Crippen molar-refractivity contribution in [2.45, 2.75) is 25.8 Å². The van der Waals surface area contributed by atoms with E-state index in [-0.39, 0.29) is 17.8 Å². The van der Waals surface area contributed by atoms with E-state index in [1.54, 1.807) is 17.5 Å². The van der Waals surface area contributed by atoms with Crippen LogP contribution in [0.2, 0.25) is 0 Å². The topological polar surface area (TPSA) is 42.4 Å². The second-order valence-corrected chi connectivity index (χ2v) is 7.56. The van der Waals surface area contributed by atoms with E-state index in [4.69, 9.17) is 4.74 Å². The van der Waals surface area contributed by atoms with Gasteiger partial charge in [-0.25, -0.2) is 9.37 Å². The molecule has 2 heterocycles. The van der Waals surface area contributed by atoms with E-state index in [0.29, 0.717) is 12.3 Å². The van der Waals surface area contributed by atoms with Crippen molar-refractivity contribution in [2.24, 2.45) is 0 Å². The fraction of sp³-hybridized carbons (Fsp3) is 0.273. The summed E-state index contributed by atoms with van der Waals surface area (Å²) >= 11 is 1.40. The molecule has 0 radical (unpaired) electrons. The second-order valence-electron chi connectivity index (χ2n) is 6.70. The Morgan fingerprint density at radius 2 is 1.96 bits per heavy atom. The van der Waals surface area contributed by atoms with E-state index in [0.717, 1.165) is 41.3 Å². The van der Waals surface area contributed by atoms with E-state index in [1.807, 2.05) is 36.1 Å². The number of hydrogen-bond acceptors (Lipinski definition) is 4. The van der Waals surface area contributed by atoms with Gasteiger partial charge in [-0.15, -0.1) is 11.3 Å². The van der Waals surface area contributed by atoms with E-state index < -0.39 is 0 Å². The highest BCUT2D eigenvalue weighted by Gasteiger charge is 2.31. The van der Waals surface area contributed by atoms with Crippen LogP contribution in [0, 0.1) is 5.82 Å². The van der Waals surface area contributed by atoms with Gasteiger partial charge in [0.2, 0.25) is 0 Å². The first-order valence-corrected chi connectivity index (χ1v) is 10.3. The van der Waals surface area contributed by atoms with Gasteiger partial charge in [0.15, 0.2) is 0 Å². The van der Waals surface area contributed by atoms with Crippen LogP contribution >= 0.6 is 11.3 Å². The lowest BCUT2D eigenvalue weighted by Crippen LogP contribution is -2.30. The third-order valence-electron chi connectivity index (χ3n) is 4.90. The predicted octanol–water partition coefficient (Wildman–Crippen LogP) is 5.33. The molecule has 4 rings (SSSR count). The summed E-state index contributed by atoms with van der Waals surface area (Å²) in [6, 6.07) is 14.2. The van der Waals surface area contributed by atoms with Crippen LogP contribution in [0.25, 0.3) is 10.6 Å². The summed E-state index contributed by atoms with van der Waals surface area (Å²) in [5, 5.41) is 2.51. The minimum absolute atomic E-state index is 0.0546. The van der Waals surface area contributed by atoms with Gasteiger partial charge in [-0.1, -0.05) is 12.1 Å². The Morgan fingerprint density at radius 3 is 2.68 bits per heavy atom. The zero-order valence-electron chi connectivity index (χ0n) is 15.6. The van der Waals surface area contributed by atoms with Gasteiger partial charge in [-0.3, -0.25) is 4.79 Å². The first-order valence-electron chi connectivity index (χ1n) is 9.41. The van der Waals surface area contributed by atoms with Crippen LogP contribution in [0.15, 0.2) is 53.9 Å². The molecule has 1 atom stereocenters. The molecule has 28 heavy (non-hydrogen) atoms. The van der Waals surface area contributed by atoms with Crippen molar-refractivity contribution in [2.75, 3.05) is 13.2 Å². The van der Waals surface area contributed by atoms with Crippen molar-refractivity contribution in [1.29, 1.82) is 0 Å².